The number of aliphatic imine (C=N–C) groups is 1. The first-order valence-corrected chi connectivity index (χ1v) is 10.5. The van der Waals surface area contributed by atoms with Gasteiger partial charge in [-0.05, 0) is 31.4 Å². The van der Waals surface area contributed by atoms with Gasteiger partial charge in [-0.25, -0.2) is 0 Å². The molecule has 1 aromatic carbocycles. The van der Waals surface area contributed by atoms with Crippen LogP contribution in [0.15, 0.2) is 29.3 Å². The minimum Gasteiger partial charge on any atom is -0.381 e. The van der Waals surface area contributed by atoms with E-state index in [-0.39, 0.29) is 11.3 Å². The molecule has 7 heteroatoms. The maximum atomic E-state index is 11.6. The highest BCUT2D eigenvalue weighted by Gasteiger charge is 2.36. The topological polar surface area (TPSA) is 57.2 Å². The average molecular weight is 407 g/mol. The zero-order valence-electron chi connectivity index (χ0n) is 16.9. The van der Waals surface area contributed by atoms with E-state index in [2.05, 4.69) is 23.2 Å². The fourth-order valence-electron chi connectivity index (χ4n) is 4.05. The number of amides is 1. The number of halogens is 1. The first-order chi connectivity index (χ1) is 13.6. The van der Waals surface area contributed by atoms with Gasteiger partial charge in [0.25, 0.3) is 0 Å². The molecule has 0 aliphatic carbocycles. The van der Waals surface area contributed by atoms with Gasteiger partial charge in [-0.15, -0.1) is 0 Å². The van der Waals surface area contributed by atoms with Gasteiger partial charge in [-0.1, -0.05) is 29.8 Å². The van der Waals surface area contributed by atoms with Crippen LogP contribution in [0.25, 0.3) is 0 Å². The van der Waals surface area contributed by atoms with E-state index in [1.165, 1.54) is 5.56 Å². The number of guanidine groups is 1. The number of carbonyl (C=O) groups is 1. The highest BCUT2D eigenvalue weighted by Crippen LogP contribution is 2.39. The Bertz CT molecular complexity index is 695. The van der Waals surface area contributed by atoms with E-state index in [0.29, 0.717) is 6.54 Å². The van der Waals surface area contributed by atoms with Gasteiger partial charge < -0.3 is 19.9 Å². The first kappa shape index (κ1) is 20.9. The Morgan fingerprint density at radius 1 is 1.18 bits per heavy atom. The van der Waals surface area contributed by atoms with Crippen molar-refractivity contribution >= 4 is 23.5 Å². The molecule has 28 heavy (non-hydrogen) atoms. The summed E-state index contributed by atoms with van der Waals surface area (Å²) in [6.45, 7) is 9.74. The Balaban J connectivity index is 1.79. The third-order valence-corrected chi connectivity index (χ3v) is 6.12. The van der Waals surface area contributed by atoms with Crippen LogP contribution >= 0.6 is 11.6 Å². The molecule has 2 aliphatic rings. The second-order valence-corrected chi connectivity index (χ2v) is 7.94. The van der Waals surface area contributed by atoms with Crippen LogP contribution in [0.4, 0.5) is 0 Å². The summed E-state index contributed by atoms with van der Waals surface area (Å²) in [5, 5.41) is 4.23. The van der Waals surface area contributed by atoms with E-state index in [9.17, 15) is 4.79 Å². The summed E-state index contributed by atoms with van der Waals surface area (Å²) < 4.78 is 5.64. The van der Waals surface area contributed by atoms with Crippen LogP contribution in [0, 0.1) is 0 Å². The predicted molar refractivity (Wildman–Crippen MR) is 113 cm³/mol. The van der Waals surface area contributed by atoms with Crippen LogP contribution in [0.1, 0.15) is 32.3 Å². The fraction of sp³-hybridized carbons (Fsp3) is 0.619. The molecule has 0 bridgehead atoms. The number of benzene rings is 1. The molecule has 0 saturated carbocycles. The smallest absolute Gasteiger partial charge is 0.219 e. The van der Waals surface area contributed by atoms with Crippen LogP contribution in [0.5, 0.6) is 0 Å². The minimum atomic E-state index is -0.0987. The molecule has 0 unspecified atom stereocenters. The maximum Gasteiger partial charge on any atom is 0.219 e. The maximum absolute atomic E-state index is 11.6. The summed E-state index contributed by atoms with van der Waals surface area (Å²) in [4.78, 5) is 20.8. The van der Waals surface area contributed by atoms with Crippen molar-refractivity contribution < 1.29 is 9.53 Å². The predicted octanol–water partition coefficient (Wildman–Crippen LogP) is 2.52. The lowest BCUT2D eigenvalue weighted by molar-refractivity contribution is -0.130. The molecule has 0 spiro atoms. The largest absolute Gasteiger partial charge is 0.381 e. The lowest BCUT2D eigenvalue weighted by atomic mass is 9.74. The van der Waals surface area contributed by atoms with Crippen molar-refractivity contribution in [1.82, 2.24) is 15.1 Å². The van der Waals surface area contributed by atoms with Gasteiger partial charge in [0, 0.05) is 63.3 Å². The monoisotopic (exact) mass is 406 g/mol. The third-order valence-electron chi connectivity index (χ3n) is 5.79. The van der Waals surface area contributed by atoms with Crippen molar-refractivity contribution in [3.8, 4) is 0 Å². The Morgan fingerprint density at radius 3 is 2.43 bits per heavy atom. The van der Waals surface area contributed by atoms with Gasteiger partial charge >= 0.3 is 0 Å². The molecular formula is C21H31ClN4O2. The SMILES string of the molecule is CCNC(=NCC1(c2ccccc2Cl)CCOCC1)N1CCN(C(C)=O)CC1. The summed E-state index contributed by atoms with van der Waals surface area (Å²) in [5.74, 6) is 1.06. The van der Waals surface area contributed by atoms with Gasteiger partial charge in [0.15, 0.2) is 5.96 Å². The molecule has 1 aromatic rings. The first-order valence-electron chi connectivity index (χ1n) is 10.2. The van der Waals surface area contributed by atoms with E-state index in [4.69, 9.17) is 21.3 Å². The van der Waals surface area contributed by atoms with Crippen LogP contribution < -0.4 is 5.32 Å². The molecule has 0 radical (unpaired) electrons. The molecule has 1 N–H and O–H groups in total. The number of nitrogens with zero attached hydrogens (tertiary/aromatic N) is 3. The quantitative estimate of drug-likeness (QED) is 0.616. The Kier molecular flexibility index (Phi) is 7.18. The molecule has 6 nitrogen and oxygen atoms in total. The number of rotatable bonds is 4. The lowest BCUT2D eigenvalue weighted by Crippen LogP contribution is -2.53. The number of hydrogen-bond acceptors (Lipinski definition) is 3. The average Bonchev–Trinajstić information content (AvgIpc) is 2.72. The van der Waals surface area contributed by atoms with Crippen molar-refractivity contribution in [1.29, 1.82) is 0 Å². The summed E-state index contributed by atoms with van der Waals surface area (Å²) >= 11 is 6.57. The van der Waals surface area contributed by atoms with E-state index < -0.39 is 0 Å². The van der Waals surface area contributed by atoms with Gasteiger partial charge in [0.05, 0.1) is 6.54 Å². The number of carbonyl (C=O) groups excluding carboxylic acids is 1. The molecule has 2 heterocycles. The summed E-state index contributed by atoms with van der Waals surface area (Å²) in [7, 11) is 0. The van der Waals surface area contributed by atoms with Gasteiger partial charge in [-0.2, -0.15) is 0 Å². The lowest BCUT2D eigenvalue weighted by Gasteiger charge is -2.39. The second-order valence-electron chi connectivity index (χ2n) is 7.54. The molecule has 0 atom stereocenters. The molecule has 3 rings (SSSR count). The van der Waals surface area contributed by atoms with Gasteiger partial charge in [0.1, 0.15) is 0 Å². The van der Waals surface area contributed by atoms with Crippen molar-refractivity contribution in [2.75, 3.05) is 52.5 Å². The molecular weight excluding hydrogens is 376 g/mol. The Morgan fingerprint density at radius 2 is 1.82 bits per heavy atom. The van der Waals surface area contributed by atoms with Gasteiger partial charge in [-0.3, -0.25) is 9.79 Å². The molecule has 2 fully saturated rings. The number of piperazine rings is 1. The molecule has 1 amide bonds. The highest BCUT2D eigenvalue weighted by molar-refractivity contribution is 6.31. The minimum absolute atomic E-state index is 0.0987. The standard InChI is InChI=1S/C21H31ClN4O2/c1-3-23-20(26-12-10-25(11-13-26)17(2)27)24-16-21(8-14-28-15-9-21)18-6-4-5-7-19(18)22/h4-7H,3,8-16H2,1-2H3,(H,23,24). The normalized spacial score (nSPS) is 20.2. The van der Waals surface area contributed by atoms with Crippen LogP contribution in [-0.2, 0) is 14.9 Å². The molecule has 0 aromatic heterocycles. The van der Waals surface area contributed by atoms with E-state index >= 15 is 0 Å². The van der Waals surface area contributed by atoms with Crippen LogP contribution in [0.2, 0.25) is 5.02 Å². The van der Waals surface area contributed by atoms with E-state index in [0.717, 1.165) is 69.8 Å². The zero-order valence-corrected chi connectivity index (χ0v) is 17.7. The summed E-state index contributed by atoms with van der Waals surface area (Å²) in [6, 6.07) is 8.11. The number of ether oxygens (including phenoxy) is 1. The van der Waals surface area contributed by atoms with Crippen molar-refractivity contribution in [3.05, 3.63) is 34.9 Å². The molecule has 2 aliphatic heterocycles. The van der Waals surface area contributed by atoms with Gasteiger partial charge in [0.2, 0.25) is 5.91 Å². The summed E-state index contributed by atoms with van der Waals surface area (Å²) in [5.41, 5.74) is 1.07. The van der Waals surface area contributed by atoms with E-state index in [1.54, 1.807) is 6.92 Å². The van der Waals surface area contributed by atoms with Crippen molar-refractivity contribution in [2.45, 2.75) is 32.1 Å². The van der Waals surface area contributed by atoms with E-state index in [1.807, 2.05) is 23.1 Å². The Hall–Kier alpha value is -1.79. The van der Waals surface area contributed by atoms with Crippen molar-refractivity contribution in [3.63, 3.8) is 0 Å². The third kappa shape index (κ3) is 4.78. The highest BCUT2D eigenvalue weighted by atomic mass is 35.5. The number of hydrogen-bond donors (Lipinski definition) is 1. The summed E-state index contributed by atoms with van der Waals surface area (Å²) in [6.07, 6.45) is 1.83. The van der Waals surface area contributed by atoms with Crippen molar-refractivity contribution in [2.24, 2.45) is 4.99 Å². The molecule has 2 saturated heterocycles. The molecule has 154 valence electrons. The zero-order chi connectivity index (χ0) is 20.0. The van der Waals surface area contributed by atoms with Crippen LogP contribution in [-0.4, -0.2) is 74.1 Å². The van der Waals surface area contributed by atoms with Crippen LogP contribution in [0.3, 0.4) is 0 Å². The second kappa shape index (κ2) is 9.61. The Labute approximate surface area is 172 Å². The number of nitrogens with one attached hydrogen (secondary N) is 1. The fourth-order valence-corrected chi connectivity index (χ4v) is 4.39.